The van der Waals surface area contributed by atoms with Crippen molar-refractivity contribution in [2.75, 3.05) is 11.5 Å². The highest BCUT2D eigenvalue weighted by Gasteiger charge is 2.29. The molecule has 2 aromatic rings. The van der Waals surface area contributed by atoms with E-state index in [-0.39, 0.29) is 17.4 Å². The Hall–Kier alpha value is -1.39. The maximum absolute atomic E-state index is 11.5. The molecule has 1 heterocycles. The second-order valence-electron chi connectivity index (χ2n) is 5.63. The lowest BCUT2D eigenvalue weighted by molar-refractivity contribution is 0.149. The Bertz CT molecular complexity index is 721. The molecule has 0 aromatic heterocycles. The van der Waals surface area contributed by atoms with Gasteiger partial charge in [-0.3, -0.25) is 0 Å². The summed E-state index contributed by atoms with van der Waals surface area (Å²) >= 11 is 0. The minimum atomic E-state index is -2.87. The third-order valence-electron chi connectivity index (χ3n) is 4.04. The Morgan fingerprint density at radius 1 is 1.15 bits per heavy atom. The molecule has 1 fully saturated rings. The van der Waals surface area contributed by atoms with Crippen molar-refractivity contribution in [3.05, 3.63) is 48.0 Å². The SMILES string of the molecule is O=S1(=O)CCC(CC(O)c2ccc3ccccc3c2)C1. The van der Waals surface area contributed by atoms with Gasteiger partial charge in [-0.25, -0.2) is 8.42 Å². The summed E-state index contributed by atoms with van der Waals surface area (Å²) in [7, 11) is -2.87. The maximum Gasteiger partial charge on any atom is 0.150 e. The predicted molar refractivity (Wildman–Crippen MR) is 80.3 cm³/mol. The van der Waals surface area contributed by atoms with Crippen LogP contribution in [-0.2, 0) is 9.84 Å². The van der Waals surface area contributed by atoms with Gasteiger partial charge in [0.2, 0.25) is 0 Å². The Kier molecular flexibility index (Phi) is 3.52. The molecule has 0 bridgehead atoms. The topological polar surface area (TPSA) is 54.4 Å². The van der Waals surface area contributed by atoms with Gasteiger partial charge in [-0.1, -0.05) is 36.4 Å². The zero-order chi connectivity index (χ0) is 14.2. The minimum absolute atomic E-state index is 0.0847. The van der Waals surface area contributed by atoms with E-state index >= 15 is 0 Å². The van der Waals surface area contributed by atoms with Crippen molar-refractivity contribution in [1.29, 1.82) is 0 Å². The average molecular weight is 290 g/mol. The molecule has 0 aliphatic carbocycles. The van der Waals surface area contributed by atoms with Crippen LogP contribution in [0.1, 0.15) is 24.5 Å². The van der Waals surface area contributed by atoms with Crippen molar-refractivity contribution in [3.8, 4) is 0 Å². The summed E-state index contributed by atoms with van der Waals surface area (Å²) in [5.41, 5.74) is 0.869. The molecule has 4 heteroatoms. The third-order valence-corrected chi connectivity index (χ3v) is 5.88. The van der Waals surface area contributed by atoms with Crippen LogP contribution in [0.2, 0.25) is 0 Å². The smallest absolute Gasteiger partial charge is 0.150 e. The van der Waals surface area contributed by atoms with E-state index in [1.807, 2.05) is 42.5 Å². The number of aliphatic hydroxyl groups excluding tert-OH is 1. The number of hydrogen-bond donors (Lipinski definition) is 1. The van der Waals surface area contributed by atoms with Gasteiger partial charge >= 0.3 is 0 Å². The van der Waals surface area contributed by atoms with Gasteiger partial charge in [0, 0.05) is 0 Å². The quantitative estimate of drug-likeness (QED) is 0.945. The molecule has 2 unspecified atom stereocenters. The van der Waals surface area contributed by atoms with E-state index in [4.69, 9.17) is 0 Å². The van der Waals surface area contributed by atoms with Crippen LogP contribution in [0.25, 0.3) is 10.8 Å². The monoisotopic (exact) mass is 290 g/mol. The second-order valence-corrected chi connectivity index (χ2v) is 7.86. The summed E-state index contributed by atoms with van der Waals surface area (Å²) in [5.74, 6) is 0.571. The first-order valence-corrected chi connectivity index (χ1v) is 8.73. The highest BCUT2D eigenvalue weighted by atomic mass is 32.2. The summed E-state index contributed by atoms with van der Waals surface area (Å²) in [6.07, 6.45) is 0.614. The van der Waals surface area contributed by atoms with Gasteiger partial charge < -0.3 is 5.11 Å². The molecule has 1 saturated heterocycles. The molecule has 2 atom stereocenters. The highest BCUT2D eigenvalue weighted by Crippen LogP contribution is 2.30. The van der Waals surface area contributed by atoms with Crippen LogP contribution in [0.3, 0.4) is 0 Å². The molecule has 3 nitrogen and oxygen atoms in total. The van der Waals surface area contributed by atoms with Gasteiger partial charge in [0.25, 0.3) is 0 Å². The molecular weight excluding hydrogens is 272 g/mol. The van der Waals surface area contributed by atoms with E-state index in [9.17, 15) is 13.5 Å². The highest BCUT2D eigenvalue weighted by molar-refractivity contribution is 7.91. The van der Waals surface area contributed by atoms with Crippen LogP contribution in [0.15, 0.2) is 42.5 Å². The minimum Gasteiger partial charge on any atom is -0.388 e. The Morgan fingerprint density at radius 2 is 1.90 bits per heavy atom. The molecule has 20 heavy (non-hydrogen) atoms. The van der Waals surface area contributed by atoms with E-state index < -0.39 is 15.9 Å². The second kappa shape index (κ2) is 5.19. The van der Waals surface area contributed by atoms with Crippen LogP contribution in [-0.4, -0.2) is 25.0 Å². The maximum atomic E-state index is 11.5. The van der Waals surface area contributed by atoms with Crippen LogP contribution in [0, 0.1) is 5.92 Å². The zero-order valence-electron chi connectivity index (χ0n) is 11.2. The molecule has 1 N–H and O–H groups in total. The zero-order valence-corrected chi connectivity index (χ0v) is 12.0. The summed E-state index contributed by atoms with van der Waals surface area (Å²) in [6.45, 7) is 0. The Morgan fingerprint density at radius 3 is 2.60 bits per heavy atom. The molecule has 1 aliphatic rings. The van der Waals surface area contributed by atoms with Gasteiger partial charge in [-0.15, -0.1) is 0 Å². The van der Waals surface area contributed by atoms with E-state index in [0.717, 1.165) is 16.3 Å². The van der Waals surface area contributed by atoms with Gasteiger partial charge in [0.1, 0.15) is 0 Å². The molecule has 3 rings (SSSR count). The first kappa shape index (κ1) is 13.6. The molecular formula is C16H18O3S. The standard InChI is InChI=1S/C16H18O3S/c17-16(9-12-7-8-20(18,19)11-12)15-6-5-13-3-1-2-4-14(13)10-15/h1-6,10,12,16-17H,7-9,11H2. The number of hydrogen-bond acceptors (Lipinski definition) is 3. The molecule has 0 saturated carbocycles. The largest absolute Gasteiger partial charge is 0.388 e. The van der Waals surface area contributed by atoms with Gasteiger partial charge in [0.05, 0.1) is 17.6 Å². The molecule has 0 amide bonds. The number of sulfone groups is 1. The van der Waals surface area contributed by atoms with Crippen molar-refractivity contribution < 1.29 is 13.5 Å². The molecule has 0 spiro atoms. The van der Waals surface area contributed by atoms with Crippen molar-refractivity contribution in [2.24, 2.45) is 5.92 Å². The third kappa shape index (κ3) is 2.86. The van der Waals surface area contributed by atoms with Gasteiger partial charge in [-0.2, -0.15) is 0 Å². The van der Waals surface area contributed by atoms with Crippen molar-refractivity contribution in [2.45, 2.75) is 18.9 Å². The Balaban J connectivity index is 1.77. The van der Waals surface area contributed by atoms with Crippen molar-refractivity contribution in [3.63, 3.8) is 0 Å². The normalized spacial score (nSPS) is 22.9. The fourth-order valence-electron chi connectivity index (χ4n) is 2.92. The van der Waals surface area contributed by atoms with Crippen molar-refractivity contribution >= 4 is 20.6 Å². The summed E-state index contributed by atoms with van der Waals surface area (Å²) < 4.78 is 22.9. The first-order chi connectivity index (χ1) is 9.53. The molecule has 1 aliphatic heterocycles. The lowest BCUT2D eigenvalue weighted by atomic mass is 9.95. The molecule has 2 aromatic carbocycles. The molecule has 106 valence electrons. The van der Waals surface area contributed by atoms with E-state index in [0.29, 0.717) is 12.8 Å². The van der Waals surface area contributed by atoms with Crippen LogP contribution < -0.4 is 0 Å². The Labute approximate surface area is 119 Å². The van der Waals surface area contributed by atoms with Crippen LogP contribution >= 0.6 is 0 Å². The van der Waals surface area contributed by atoms with E-state index in [1.165, 1.54) is 0 Å². The molecule has 0 radical (unpaired) electrons. The van der Waals surface area contributed by atoms with Crippen LogP contribution in [0.5, 0.6) is 0 Å². The number of benzene rings is 2. The number of aliphatic hydroxyl groups is 1. The summed E-state index contributed by atoms with van der Waals surface area (Å²) in [4.78, 5) is 0. The lowest BCUT2D eigenvalue weighted by Gasteiger charge is -2.15. The average Bonchev–Trinajstić information content (AvgIpc) is 2.77. The fraction of sp³-hybridized carbons (Fsp3) is 0.375. The lowest BCUT2D eigenvalue weighted by Crippen LogP contribution is -2.09. The summed E-state index contributed by atoms with van der Waals surface area (Å²) in [5, 5.41) is 12.6. The van der Waals surface area contributed by atoms with E-state index in [1.54, 1.807) is 0 Å². The van der Waals surface area contributed by atoms with Gasteiger partial charge in [-0.05, 0) is 41.2 Å². The van der Waals surface area contributed by atoms with Crippen LogP contribution in [0.4, 0.5) is 0 Å². The predicted octanol–water partition coefficient (Wildman–Crippen LogP) is 2.70. The number of fused-ring (bicyclic) bond motifs is 1. The summed E-state index contributed by atoms with van der Waals surface area (Å²) in [6, 6.07) is 13.9. The van der Waals surface area contributed by atoms with Gasteiger partial charge in [0.15, 0.2) is 9.84 Å². The first-order valence-electron chi connectivity index (χ1n) is 6.91. The number of rotatable bonds is 3. The van der Waals surface area contributed by atoms with Crippen molar-refractivity contribution in [1.82, 2.24) is 0 Å². The van der Waals surface area contributed by atoms with E-state index in [2.05, 4.69) is 0 Å². The fourth-order valence-corrected chi connectivity index (χ4v) is 4.80.